The Morgan fingerprint density at radius 1 is 0.960 bits per heavy atom. The van der Waals surface area contributed by atoms with Crippen LogP contribution in [-0.4, -0.2) is 50.0 Å². The Labute approximate surface area is 147 Å². The van der Waals surface area contributed by atoms with E-state index in [2.05, 4.69) is 5.32 Å². The van der Waals surface area contributed by atoms with Crippen molar-refractivity contribution in [2.24, 2.45) is 5.41 Å². The number of nitrogens with one attached hydrogen (secondary N) is 1. The second-order valence-electron chi connectivity index (χ2n) is 6.94. The Hall–Kier alpha value is -1.92. The van der Waals surface area contributed by atoms with E-state index >= 15 is 0 Å². The number of benzene rings is 1. The van der Waals surface area contributed by atoms with Crippen LogP contribution in [0, 0.1) is 5.41 Å². The van der Waals surface area contributed by atoms with Gasteiger partial charge in [-0.15, -0.1) is 0 Å². The average molecular weight is 347 g/mol. The molecule has 2 N–H and O–H groups in total. The molecule has 3 rings (SSSR count). The lowest BCUT2D eigenvalue weighted by atomic mass is 9.73. The molecule has 2 heterocycles. The summed E-state index contributed by atoms with van der Waals surface area (Å²) in [7, 11) is 0. The molecule has 6 nitrogen and oxygen atoms in total. The molecule has 1 amide bonds. The van der Waals surface area contributed by atoms with E-state index in [0.29, 0.717) is 52.1 Å². The van der Waals surface area contributed by atoms with Crippen LogP contribution in [0.3, 0.4) is 0 Å². The lowest BCUT2D eigenvalue weighted by Gasteiger charge is -2.38. The first-order valence-corrected chi connectivity index (χ1v) is 8.82. The van der Waals surface area contributed by atoms with Gasteiger partial charge in [0.1, 0.15) is 0 Å². The van der Waals surface area contributed by atoms with Crippen molar-refractivity contribution >= 4 is 11.9 Å². The van der Waals surface area contributed by atoms with Crippen LogP contribution in [0.1, 0.15) is 31.2 Å². The molecule has 2 aliphatic rings. The molecule has 1 aromatic rings. The monoisotopic (exact) mass is 347 g/mol. The van der Waals surface area contributed by atoms with Crippen LogP contribution in [0.4, 0.5) is 0 Å². The largest absolute Gasteiger partial charge is 0.481 e. The molecule has 2 fully saturated rings. The first-order chi connectivity index (χ1) is 12.1. The van der Waals surface area contributed by atoms with Gasteiger partial charge in [-0.3, -0.25) is 9.59 Å². The standard InChI is InChI=1S/C19H25NO5/c21-16(20-14-18(17(22)23)6-10-24-11-7-18)19(8-12-25-13-9-19)15-4-2-1-3-5-15/h1-5H,6-14H2,(H,20,21)(H,22,23). The number of rotatable bonds is 5. The van der Waals surface area contributed by atoms with Crippen molar-refractivity contribution in [3.63, 3.8) is 0 Å². The third-order valence-corrected chi connectivity index (χ3v) is 5.60. The first kappa shape index (κ1) is 17.9. The number of hydrogen-bond acceptors (Lipinski definition) is 4. The predicted octanol–water partition coefficient (Wildman–Crippen LogP) is 1.73. The summed E-state index contributed by atoms with van der Waals surface area (Å²) in [5, 5.41) is 12.6. The minimum Gasteiger partial charge on any atom is -0.481 e. The third-order valence-electron chi connectivity index (χ3n) is 5.60. The van der Waals surface area contributed by atoms with E-state index in [1.54, 1.807) is 0 Å². The van der Waals surface area contributed by atoms with Crippen molar-refractivity contribution in [3.05, 3.63) is 35.9 Å². The van der Waals surface area contributed by atoms with Gasteiger partial charge in [-0.2, -0.15) is 0 Å². The average Bonchev–Trinajstić information content (AvgIpc) is 2.68. The van der Waals surface area contributed by atoms with Crippen LogP contribution >= 0.6 is 0 Å². The normalized spacial score (nSPS) is 22.1. The van der Waals surface area contributed by atoms with Gasteiger partial charge in [-0.05, 0) is 31.2 Å². The number of carbonyl (C=O) groups excluding carboxylic acids is 1. The summed E-state index contributed by atoms with van der Waals surface area (Å²) in [4.78, 5) is 24.9. The zero-order valence-corrected chi connectivity index (χ0v) is 14.3. The summed E-state index contributed by atoms with van der Waals surface area (Å²) in [6.07, 6.45) is 2.05. The summed E-state index contributed by atoms with van der Waals surface area (Å²) in [5.74, 6) is -0.967. The van der Waals surface area contributed by atoms with Gasteiger partial charge in [0.25, 0.3) is 0 Å². The minimum atomic E-state index is -0.934. The Morgan fingerprint density at radius 2 is 1.52 bits per heavy atom. The van der Waals surface area contributed by atoms with Crippen molar-refractivity contribution in [3.8, 4) is 0 Å². The van der Waals surface area contributed by atoms with Crippen LogP contribution in [0.5, 0.6) is 0 Å². The molecule has 136 valence electrons. The molecule has 0 spiro atoms. The van der Waals surface area contributed by atoms with Gasteiger partial charge in [-0.25, -0.2) is 0 Å². The van der Waals surface area contributed by atoms with Crippen LogP contribution in [0.15, 0.2) is 30.3 Å². The summed E-state index contributed by atoms with van der Waals surface area (Å²) >= 11 is 0. The van der Waals surface area contributed by atoms with Gasteiger partial charge in [0.05, 0.1) is 10.8 Å². The highest BCUT2D eigenvalue weighted by molar-refractivity contribution is 5.89. The topological polar surface area (TPSA) is 84.9 Å². The van der Waals surface area contributed by atoms with E-state index in [9.17, 15) is 14.7 Å². The molecular weight excluding hydrogens is 322 g/mol. The highest BCUT2D eigenvalue weighted by Gasteiger charge is 2.45. The molecule has 0 saturated carbocycles. The number of carboxylic acids is 1. The van der Waals surface area contributed by atoms with Gasteiger partial charge < -0.3 is 19.9 Å². The van der Waals surface area contributed by atoms with Gasteiger partial charge in [0.15, 0.2) is 0 Å². The number of aliphatic carboxylic acids is 1. The molecule has 2 aliphatic heterocycles. The lowest BCUT2D eigenvalue weighted by molar-refractivity contribution is -0.155. The van der Waals surface area contributed by atoms with Gasteiger partial charge in [0.2, 0.25) is 5.91 Å². The molecule has 1 aromatic carbocycles. The van der Waals surface area contributed by atoms with Crippen molar-refractivity contribution in [2.75, 3.05) is 33.0 Å². The molecule has 0 aromatic heterocycles. The predicted molar refractivity (Wildman–Crippen MR) is 91.3 cm³/mol. The number of carboxylic acid groups (broad SMARTS) is 1. The van der Waals surface area contributed by atoms with Crippen molar-refractivity contribution in [2.45, 2.75) is 31.1 Å². The highest BCUT2D eigenvalue weighted by Crippen LogP contribution is 2.36. The van der Waals surface area contributed by atoms with E-state index < -0.39 is 16.8 Å². The van der Waals surface area contributed by atoms with E-state index in [1.165, 1.54) is 0 Å². The molecule has 0 unspecified atom stereocenters. The van der Waals surface area contributed by atoms with Crippen molar-refractivity contribution < 1.29 is 24.2 Å². The maximum atomic E-state index is 13.1. The van der Waals surface area contributed by atoms with Gasteiger partial charge in [-0.1, -0.05) is 30.3 Å². The van der Waals surface area contributed by atoms with Gasteiger partial charge >= 0.3 is 5.97 Å². The molecular formula is C19H25NO5. The molecule has 6 heteroatoms. The minimum absolute atomic E-state index is 0.103. The van der Waals surface area contributed by atoms with E-state index in [-0.39, 0.29) is 12.5 Å². The van der Waals surface area contributed by atoms with E-state index in [1.807, 2.05) is 30.3 Å². The zero-order valence-electron chi connectivity index (χ0n) is 14.3. The summed E-state index contributed by atoms with van der Waals surface area (Å²) in [5.41, 5.74) is -0.617. The molecule has 0 bridgehead atoms. The summed E-state index contributed by atoms with van der Waals surface area (Å²) in [6.45, 7) is 2.03. The summed E-state index contributed by atoms with van der Waals surface area (Å²) < 4.78 is 10.8. The van der Waals surface area contributed by atoms with Crippen LogP contribution < -0.4 is 5.32 Å². The number of hydrogen-bond donors (Lipinski definition) is 2. The fourth-order valence-corrected chi connectivity index (χ4v) is 3.77. The number of ether oxygens (including phenoxy) is 2. The first-order valence-electron chi connectivity index (χ1n) is 8.82. The molecule has 0 radical (unpaired) electrons. The maximum Gasteiger partial charge on any atom is 0.311 e. The molecule has 2 saturated heterocycles. The van der Waals surface area contributed by atoms with Crippen LogP contribution in [0.2, 0.25) is 0 Å². The van der Waals surface area contributed by atoms with Crippen molar-refractivity contribution in [1.29, 1.82) is 0 Å². The number of carbonyl (C=O) groups is 2. The Morgan fingerprint density at radius 3 is 2.08 bits per heavy atom. The van der Waals surface area contributed by atoms with E-state index in [0.717, 1.165) is 5.56 Å². The number of amides is 1. The third kappa shape index (κ3) is 3.55. The van der Waals surface area contributed by atoms with E-state index in [4.69, 9.17) is 9.47 Å². The smallest absolute Gasteiger partial charge is 0.311 e. The van der Waals surface area contributed by atoms with Crippen LogP contribution in [0.25, 0.3) is 0 Å². The Bertz CT molecular complexity index is 604. The molecule has 0 atom stereocenters. The maximum absolute atomic E-state index is 13.1. The van der Waals surface area contributed by atoms with Crippen LogP contribution in [-0.2, 0) is 24.5 Å². The van der Waals surface area contributed by atoms with Crippen molar-refractivity contribution in [1.82, 2.24) is 5.32 Å². The second kappa shape index (κ2) is 7.54. The highest BCUT2D eigenvalue weighted by atomic mass is 16.5. The zero-order chi connectivity index (χ0) is 17.8. The fraction of sp³-hybridized carbons (Fsp3) is 0.579. The fourth-order valence-electron chi connectivity index (χ4n) is 3.77. The van der Waals surface area contributed by atoms with Gasteiger partial charge in [0, 0.05) is 33.0 Å². The second-order valence-corrected chi connectivity index (χ2v) is 6.94. The summed E-state index contributed by atoms with van der Waals surface area (Å²) in [6, 6.07) is 9.71. The Kier molecular flexibility index (Phi) is 5.39. The molecule has 25 heavy (non-hydrogen) atoms. The Balaban J connectivity index is 1.78. The lowest BCUT2D eigenvalue weighted by Crippen LogP contribution is -2.53. The SMILES string of the molecule is O=C(O)C1(CNC(=O)C2(c3ccccc3)CCOCC2)CCOCC1. The quantitative estimate of drug-likeness (QED) is 0.847. The molecule has 0 aliphatic carbocycles.